The van der Waals surface area contributed by atoms with Crippen molar-refractivity contribution in [2.75, 3.05) is 26.3 Å². The first kappa shape index (κ1) is 20.3. The van der Waals surface area contributed by atoms with E-state index < -0.39 is 34.9 Å². The fourth-order valence-electron chi connectivity index (χ4n) is 4.17. The monoisotopic (exact) mass is 416 g/mol. The Hall–Kier alpha value is -2.94. The average molecular weight is 416 g/mol. The number of hydroxylamine groups is 2. The quantitative estimate of drug-likeness (QED) is 0.680. The van der Waals surface area contributed by atoms with Gasteiger partial charge in [-0.3, -0.25) is 9.59 Å². The largest absolute Gasteiger partial charge is 0.444 e. The van der Waals surface area contributed by atoms with Crippen molar-refractivity contribution in [3.05, 3.63) is 35.4 Å². The number of rotatable bonds is 2. The summed E-state index contributed by atoms with van der Waals surface area (Å²) in [6, 6.07) is 6.28. The number of ether oxygens (including phenoxy) is 2. The van der Waals surface area contributed by atoms with Crippen LogP contribution < -0.4 is 0 Å². The highest BCUT2D eigenvalue weighted by atomic mass is 16.7. The predicted octanol–water partition coefficient (Wildman–Crippen LogP) is 2.01. The van der Waals surface area contributed by atoms with Crippen molar-refractivity contribution in [2.24, 2.45) is 11.3 Å². The molecule has 0 N–H and O–H groups in total. The molecule has 0 bridgehead atoms. The number of nitrogens with zero attached hydrogens (tertiary/aromatic N) is 2. The SMILES string of the molecule is CC(C)(C)OC(=O)N1C[C@H]2CCOC[C@@]2(C(=O)ON2C(=O)c3ccccc3C2=O)C1. The van der Waals surface area contributed by atoms with Crippen molar-refractivity contribution in [1.82, 2.24) is 9.96 Å². The van der Waals surface area contributed by atoms with Crippen molar-refractivity contribution in [3.8, 4) is 0 Å². The Kier molecular flexibility index (Phi) is 4.80. The Morgan fingerprint density at radius 2 is 1.77 bits per heavy atom. The van der Waals surface area contributed by atoms with Gasteiger partial charge in [0.05, 0.1) is 17.7 Å². The molecule has 0 spiro atoms. The van der Waals surface area contributed by atoms with Gasteiger partial charge in [-0.05, 0) is 45.2 Å². The first-order valence-corrected chi connectivity index (χ1v) is 9.88. The predicted molar refractivity (Wildman–Crippen MR) is 102 cm³/mol. The molecule has 0 radical (unpaired) electrons. The van der Waals surface area contributed by atoms with E-state index >= 15 is 0 Å². The van der Waals surface area contributed by atoms with Crippen molar-refractivity contribution in [2.45, 2.75) is 32.8 Å². The van der Waals surface area contributed by atoms with Crippen LogP contribution in [-0.4, -0.2) is 65.7 Å². The molecule has 2 fully saturated rings. The molecule has 0 aliphatic carbocycles. The Morgan fingerprint density at radius 1 is 1.13 bits per heavy atom. The molecule has 0 aromatic heterocycles. The summed E-state index contributed by atoms with van der Waals surface area (Å²) in [6.07, 6.45) is 0.0288. The van der Waals surface area contributed by atoms with Gasteiger partial charge in [0.15, 0.2) is 0 Å². The highest BCUT2D eigenvalue weighted by Crippen LogP contribution is 2.43. The molecule has 3 aliphatic rings. The van der Waals surface area contributed by atoms with Crippen molar-refractivity contribution >= 4 is 23.9 Å². The Balaban J connectivity index is 1.54. The van der Waals surface area contributed by atoms with Gasteiger partial charge < -0.3 is 19.2 Å². The molecular weight excluding hydrogens is 392 g/mol. The lowest BCUT2D eigenvalue weighted by Crippen LogP contribution is -2.50. The van der Waals surface area contributed by atoms with Crippen LogP contribution in [0.25, 0.3) is 0 Å². The van der Waals surface area contributed by atoms with Crippen LogP contribution in [0, 0.1) is 11.3 Å². The maximum atomic E-state index is 13.2. The number of carbonyl (C=O) groups excluding carboxylic acids is 4. The molecule has 160 valence electrons. The number of benzene rings is 1. The fourth-order valence-corrected chi connectivity index (χ4v) is 4.17. The standard InChI is InChI=1S/C21H24N2O7/c1-20(2,3)29-19(27)22-10-13-8-9-28-12-21(13,11-22)18(26)30-23-16(24)14-6-4-5-7-15(14)17(23)25/h4-7,13H,8-12H2,1-3H3/t13-,21+/m1/s1. The number of imide groups is 1. The zero-order valence-corrected chi connectivity index (χ0v) is 17.2. The number of fused-ring (bicyclic) bond motifs is 2. The van der Waals surface area contributed by atoms with E-state index in [1.165, 1.54) is 17.0 Å². The van der Waals surface area contributed by atoms with Gasteiger partial charge in [0, 0.05) is 19.7 Å². The number of likely N-dealkylation sites (tertiary alicyclic amines) is 1. The number of hydrogen-bond donors (Lipinski definition) is 0. The highest BCUT2D eigenvalue weighted by Gasteiger charge is 2.58. The third kappa shape index (κ3) is 3.32. The molecule has 0 unspecified atom stereocenters. The Bertz CT molecular complexity index is 887. The summed E-state index contributed by atoms with van der Waals surface area (Å²) in [7, 11) is 0. The highest BCUT2D eigenvalue weighted by molar-refractivity contribution is 6.20. The van der Waals surface area contributed by atoms with Crippen LogP contribution in [-0.2, 0) is 19.1 Å². The lowest BCUT2D eigenvalue weighted by molar-refractivity contribution is -0.191. The summed E-state index contributed by atoms with van der Waals surface area (Å²) in [5, 5.41) is 0.504. The lowest BCUT2D eigenvalue weighted by atomic mass is 9.76. The van der Waals surface area contributed by atoms with Gasteiger partial charge in [0.1, 0.15) is 11.0 Å². The lowest BCUT2D eigenvalue weighted by Gasteiger charge is -2.35. The van der Waals surface area contributed by atoms with E-state index in [-0.39, 0.29) is 30.2 Å². The summed E-state index contributed by atoms with van der Waals surface area (Å²) < 4.78 is 11.0. The topological polar surface area (TPSA) is 102 Å². The molecule has 3 heterocycles. The minimum Gasteiger partial charge on any atom is -0.444 e. The first-order chi connectivity index (χ1) is 14.1. The van der Waals surface area contributed by atoms with Crippen LogP contribution in [0.15, 0.2) is 24.3 Å². The number of amides is 3. The first-order valence-electron chi connectivity index (χ1n) is 9.88. The van der Waals surface area contributed by atoms with Gasteiger partial charge in [-0.25, -0.2) is 9.59 Å². The van der Waals surface area contributed by atoms with E-state index in [0.717, 1.165) is 0 Å². The average Bonchev–Trinajstić information content (AvgIpc) is 3.20. The Morgan fingerprint density at radius 3 is 2.37 bits per heavy atom. The third-order valence-electron chi connectivity index (χ3n) is 5.65. The van der Waals surface area contributed by atoms with Crippen LogP contribution in [0.3, 0.4) is 0 Å². The number of carbonyl (C=O) groups is 4. The maximum Gasteiger partial charge on any atom is 0.410 e. The Labute approximate surface area is 173 Å². The minimum atomic E-state index is -1.16. The number of hydrogen-bond acceptors (Lipinski definition) is 7. The van der Waals surface area contributed by atoms with Crippen molar-refractivity contribution < 1.29 is 33.5 Å². The van der Waals surface area contributed by atoms with Gasteiger partial charge >= 0.3 is 12.1 Å². The summed E-state index contributed by atoms with van der Waals surface area (Å²) in [5.74, 6) is -2.35. The maximum absolute atomic E-state index is 13.2. The molecular formula is C21H24N2O7. The summed E-state index contributed by atoms with van der Waals surface area (Å²) in [6.45, 7) is 6.15. The van der Waals surface area contributed by atoms with E-state index in [4.69, 9.17) is 14.3 Å². The van der Waals surface area contributed by atoms with Gasteiger partial charge in [-0.2, -0.15) is 0 Å². The summed E-state index contributed by atoms with van der Waals surface area (Å²) in [5.41, 5.74) is -1.46. The second-order valence-electron chi connectivity index (χ2n) is 8.88. The normalized spacial score (nSPS) is 25.8. The third-order valence-corrected chi connectivity index (χ3v) is 5.65. The molecule has 0 saturated carbocycles. The van der Waals surface area contributed by atoms with Gasteiger partial charge in [-0.15, -0.1) is 0 Å². The van der Waals surface area contributed by atoms with Gasteiger partial charge in [-0.1, -0.05) is 17.2 Å². The van der Waals surface area contributed by atoms with Gasteiger partial charge in [0.2, 0.25) is 0 Å². The second kappa shape index (κ2) is 7.09. The summed E-state index contributed by atoms with van der Waals surface area (Å²) in [4.78, 5) is 57.7. The molecule has 30 heavy (non-hydrogen) atoms. The van der Waals surface area contributed by atoms with Crippen LogP contribution in [0.1, 0.15) is 47.9 Å². The van der Waals surface area contributed by atoms with E-state index in [1.54, 1.807) is 32.9 Å². The van der Waals surface area contributed by atoms with Gasteiger partial charge in [0.25, 0.3) is 11.8 Å². The molecule has 9 heteroatoms. The molecule has 1 aromatic rings. The molecule has 1 aromatic carbocycles. The molecule has 3 aliphatic heterocycles. The molecule has 9 nitrogen and oxygen atoms in total. The van der Waals surface area contributed by atoms with Crippen LogP contribution in [0.5, 0.6) is 0 Å². The van der Waals surface area contributed by atoms with Crippen LogP contribution in [0.4, 0.5) is 4.79 Å². The molecule has 2 saturated heterocycles. The van der Waals surface area contributed by atoms with E-state index in [1.807, 2.05) is 0 Å². The molecule has 2 atom stereocenters. The zero-order valence-electron chi connectivity index (χ0n) is 17.2. The van der Waals surface area contributed by atoms with E-state index in [9.17, 15) is 19.2 Å². The second-order valence-corrected chi connectivity index (χ2v) is 8.88. The van der Waals surface area contributed by atoms with Crippen molar-refractivity contribution in [3.63, 3.8) is 0 Å². The fraction of sp³-hybridized carbons (Fsp3) is 0.524. The van der Waals surface area contributed by atoms with E-state index in [2.05, 4.69) is 0 Å². The molecule has 3 amide bonds. The van der Waals surface area contributed by atoms with Crippen molar-refractivity contribution in [1.29, 1.82) is 0 Å². The van der Waals surface area contributed by atoms with Crippen LogP contribution in [0.2, 0.25) is 0 Å². The summed E-state index contributed by atoms with van der Waals surface area (Å²) >= 11 is 0. The minimum absolute atomic E-state index is 0.0363. The zero-order chi connectivity index (χ0) is 21.7. The smallest absolute Gasteiger partial charge is 0.410 e. The molecule has 4 rings (SSSR count). The van der Waals surface area contributed by atoms with E-state index in [0.29, 0.717) is 24.6 Å². The van der Waals surface area contributed by atoms with Crippen LogP contribution >= 0.6 is 0 Å².